The molecule has 0 spiro atoms. The number of hydrogen-bond acceptors (Lipinski definition) is 2. The Morgan fingerprint density at radius 1 is 1.45 bits per heavy atom. The maximum atomic E-state index is 11.2. The molecule has 0 saturated carbocycles. The predicted molar refractivity (Wildman–Crippen MR) is 54.5 cm³/mol. The first-order chi connectivity index (χ1) is 5.00. The highest BCUT2D eigenvalue weighted by Crippen LogP contribution is 2.07. The molecule has 0 radical (unpaired) electrons. The summed E-state index contributed by atoms with van der Waals surface area (Å²) in [6.45, 7) is 4.08. The third-order valence-electron chi connectivity index (χ3n) is 1.55. The van der Waals surface area contributed by atoms with Crippen molar-refractivity contribution in [1.29, 1.82) is 0 Å². The second-order valence-electron chi connectivity index (χ2n) is 3.11. The summed E-state index contributed by atoms with van der Waals surface area (Å²) in [6.07, 6.45) is 0. The number of likely N-dealkylation sites (N-methyl/N-ethyl adjacent to an activating group) is 1. The summed E-state index contributed by atoms with van der Waals surface area (Å²) in [5, 5.41) is 0. The molecule has 0 aliphatic carbocycles. The van der Waals surface area contributed by atoms with E-state index in [1.54, 1.807) is 0 Å². The van der Waals surface area contributed by atoms with E-state index in [9.17, 15) is 4.79 Å². The van der Waals surface area contributed by atoms with Gasteiger partial charge in [0.15, 0.2) is 0 Å². The maximum Gasteiger partial charge on any atom is 0.246 e. The number of nitrogens with zero attached hydrogens (tertiary/aromatic N) is 1. The molecule has 11 heavy (non-hydrogen) atoms. The van der Waals surface area contributed by atoms with E-state index in [1.807, 2.05) is 55.7 Å². The SMILES string of the molecule is CC(C)[C@@H](C(=O)NI)N(C)C. The van der Waals surface area contributed by atoms with Crippen LogP contribution >= 0.6 is 22.9 Å². The largest absolute Gasteiger partial charge is 0.298 e. The number of hydrogen-bond donors (Lipinski definition) is 1. The van der Waals surface area contributed by atoms with E-state index in [-0.39, 0.29) is 11.9 Å². The number of carbonyl (C=O) groups excluding carboxylic acids is 1. The van der Waals surface area contributed by atoms with Crippen LogP contribution in [0.15, 0.2) is 0 Å². The number of nitrogens with one attached hydrogen (secondary N) is 1. The Labute approximate surface area is 82.0 Å². The van der Waals surface area contributed by atoms with Gasteiger partial charge in [0.2, 0.25) is 5.91 Å². The van der Waals surface area contributed by atoms with Crippen molar-refractivity contribution in [2.45, 2.75) is 19.9 Å². The van der Waals surface area contributed by atoms with E-state index < -0.39 is 0 Å². The molecule has 0 aromatic carbocycles. The first-order valence-electron chi connectivity index (χ1n) is 3.57. The molecule has 4 heteroatoms. The summed E-state index contributed by atoms with van der Waals surface area (Å²) in [6, 6.07) is -0.0214. The van der Waals surface area contributed by atoms with Crippen LogP contribution in [-0.4, -0.2) is 30.9 Å². The van der Waals surface area contributed by atoms with Gasteiger partial charge in [-0.1, -0.05) is 13.8 Å². The zero-order chi connectivity index (χ0) is 9.02. The van der Waals surface area contributed by atoms with Crippen LogP contribution in [0.25, 0.3) is 0 Å². The minimum absolute atomic E-state index is 0.0214. The van der Waals surface area contributed by atoms with Gasteiger partial charge in [-0.05, 0) is 20.0 Å². The van der Waals surface area contributed by atoms with Crippen LogP contribution in [0, 0.1) is 5.92 Å². The van der Waals surface area contributed by atoms with Gasteiger partial charge in [-0.3, -0.25) is 13.2 Å². The summed E-state index contributed by atoms with van der Waals surface area (Å²) >= 11 is 1.87. The molecule has 0 aromatic rings. The van der Waals surface area contributed by atoms with Crippen LogP contribution < -0.4 is 3.53 Å². The van der Waals surface area contributed by atoms with E-state index >= 15 is 0 Å². The van der Waals surface area contributed by atoms with Crippen molar-refractivity contribution in [3.8, 4) is 0 Å². The molecule has 0 heterocycles. The summed E-state index contributed by atoms with van der Waals surface area (Å²) < 4.78 is 2.62. The first-order valence-corrected chi connectivity index (χ1v) is 4.65. The molecule has 0 aromatic heterocycles. The van der Waals surface area contributed by atoms with Gasteiger partial charge in [0.05, 0.1) is 28.9 Å². The lowest BCUT2D eigenvalue weighted by atomic mass is 10.0. The molecule has 0 aliphatic rings. The Morgan fingerprint density at radius 3 is 2.00 bits per heavy atom. The first kappa shape index (κ1) is 11.2. The summed E-state index contributed by atoms with van der Waals surface area (Å²) in [4.78, 5) is 13.2. The molecule has 1 amide bonds. The van der Waals surface area contributed by atoms with E-state index in [2.05, 4.69) is 3.53 Å². The zero-order valence-corrected chi connectivity index (χ0v) is 9.55. The number of carbonyl (C=O) groups is 1. The van der Waals surface area contributed by atoms with Crippen molar-refractivity contribution in [3.63, 3.8) is 0 Å². The predicted octanol–water partition coefficient (Wildman–Crippen LogP) is 1.04. The molecule has 1 atom stereocenters. The third kappa shape index (κ3) is 3.37. The fraction of sp³-hybridized carbons (Fsp3) is 0.857. The van der Waals surface area contributed by atoms with Crippen LogP contribution in [0.2, 0.25) is 0 Å². The molecule has 0 aliphatic heterocycles. The highest BCUT2D eigenvalue weighted by molar-refractivity contribution is 14.1. The fourth-order valence-corrected chi connectivity index (χ4v) is 1.51. The average Bonchev–Trinajstić information content (AvgIpc) is 1.85. The van der Waals surface area contributed by atoms with Crippen molar-refractivity contribution in [1.82, 2.24) is 8.43 Å². The van der Waals surface area contributed by atoms with Gasteiger partial charge in [0.1, 0.15) is 0 Å². The topological polar surface area (TPSA) is 32.3 Å². The Morgan fingerprint density at radius 2 is 1.91 bits per heavy atom. The summed E-state index contributed by atoms with van der Waals surface area (Å²) in [5.74, 6) is 0.422. The lowest BCUT2D eigenvalue weighted by Crippen LogP contribution is -2.43. The van der Waals surface area contributed by atoms with Crippen molar-refractivity contribution in [2.75, 3.05) is 14.1 Å². The van der Waals surface area contributed by atoms with Crippen molar-refractivity contribution in [3.05, 3.63) is 0 Å². The van der Waals surface area contributed by atoms with E-state index in [1.165, 1.54) is 0 Å². The van der Waals surface area contributed by atoms with E-state index in [0.717, 1.165) is 0 Å². The Kier molecular flexibility index (Phi) is 4.99. The van der Waals surface area contributed by atoms with Gasteiger partial charge in [-0.15, -0.1) is 0 Å². The highest BCUT2D eigenvalue weighted by atomic mass is 127. The molecule has 66 valence electrons. The minimum atomic E-state index is -0.0214. The normalized spacial score (nSPS) is 13.7. The highest BCUT2D eigenvalue weighted by Gasteiger charge is 2.22. The van der Waals surface area contributed by atoms with Crippen LogP contribution in [0.5, 0.6) is 0 Å². The Bertz CT molecular complexity index is 128. The summed E-state index contributed by atoms with van der Waals surface area (Å²) in [7, 11) is 3.83. The van der Waals surface area contributed by atoms with Gasteiger partial charge >= 0.3 is 0 Å². The monoisotopic (exact) mass is 270 g/mol. The smallest absolute Gasteiger partial charge is 0.246 e. The van der Waals surface area contributed by atoms with Gasteiger partial charge in [0, 0.05) is 0 Å². The standard InChI is InChI=1S/C7H15IN2O/c1-5(2)6(10(3)4)7(11)9-8/h5-6H,1-4H3,(H,9,11)/t6-/m0/s1. The molecular formula is C7H15IN2O. The molecule has 0 rings (SSSR count). The second-order valence-corrected chi connectivity index (χ2v) is 3.65. The number of rotatable bonds is 3. The zero-order valence-electron chi connectivity index (χ0n) is 7.39. The fourth-order valence-electron chi connectivity index (χ4n) is 1.19. The van der Waals surface area contributed by atoms with E-state index in [4.69, 9.17) is 0 Å². The second kappa shape index (κ2) is 4.92. The molecule has 1 N–H and O–H groups in total. The van der Waals surface area contributed by atoms with Crippen molar-refractivity contribution in [2.24, 2.45) is 5.92 Å². The van der Waals surface area contributed by atoms with Gasteiger partial charge in [0.25, 0.3) is 0 Å². The quantitative estimate of drug-likeness (QED) is 0.614. The Hall–Kier alpha value is 0.160. The molecule has 0 unspecified atom stereocenters. The van der Waals surface area contributed by atoms with Crippen LogP contribution in [0.1, 0.15) is 13.8 Å². The molecule has 0 saturated heterocycles. The average molecular weight is 270 g/mol. The number of amides is 1. The van der Waals surface area contributed by atoms with Crippen LogP contribution in [-0.2, 0) is 4.79 Å². The molecule has 0 fully saturated rings. The Balaban J connectivity index is 4.22. The van der Waals surface area contributed by atoms with Gasteiger partial charge in [-0.25, -0.2) is 0 Å². The van der Waals surface area contributed by atoms with Crippen molar-refractivity contribution < 1.29 is 4.79 Å². The van der Waals surface area contributed by atoms with Crippen molar-refractivity contribution >= 4 is 28.8 Å². The lowest BCUT2D eigenvalue weighted by molar-refractivity contribution is -0.124. The maximum absolute atomic E-state index is 11.2. The lowest BCUT2D eigenvalue weighted by Gasteiger charge is -2.25. The van der Waals surface area contributed by atoms with Gasteiger partial charge in [-0.2, -0.15) is 0 Å². The minimum Gasteiger partial charge on any atom is -0.298 e. The number of halogens is 1. The molecule has 3 nitrogen and oxygen atoms in total. The van der Waals surface area contributed by atoms with Gasteiger partial charge < -0.3 is 0 Å². The van der Waals surface area contributed by atoms with Crippen LogP contribution in [0.3, 0.4) is 0 Å². The molecular weight excluding hydrogens is 255 g/mol. The third-order valence-corrected chi connectivity index (χ3v) is 2.08. The molecule has 0 bridgehead atoms. The summed E-state index contributed by atoms with van der Waals surface area (Å²) in [5.41, 5.74) is 0. The van der Waals surface area contributed by atoms with E-state index in [0.29, 0.717) is 5.92 Å². The van der Waals surface area contributed by atoms with Crippen LogP contribution in [0.4, 0.5) is 0 Å².